The molecule has 1 N–H and O–H groups in total. The average molecular weight is 458 g/mol. The van der Waals surface area contributed by atoms with E-state index in [2.05, 4.69) is 25.7 Å². The number of carbonyl (C=O) groups is 1. The number of nitrogens with zero attached hydrogens (tertiary/aromatic N) is 1. The molecule has 4 nitrogen and oxygen atoms in total. The van der Waals surface area contributed by atoms with E-state index in [1.807, 2.05) is 13.0 Å². The predicted molar refractivity (Wildman–Crippen MR) is 118 cm³/mol. The molecule has 1 heterocycles. The van der Waals surface area contributed by atoms with Crippen LogP contribution in [0.1, 0.15) is 51.7 Å². The Balaban J connectivity index is 2.10. The van der Waals surface area contributed by atoms with E-state index in [-0.39, 0.29) is 10.7 Å². The van der Waals surface area contributed by atoms with Gasteiger partial charge in [0.15, 0.2) is 5.76 Å². The van der Waals surface area contributed by atoms with Gasteiger partial charge >= 0.3 is 12.3 Å². The number of ether oxygens (including phenoxy) is 1. The number of thioether (sulfide) groups is 1. The van der Waals surface area contributed by atoms with Crippen molar-refractivity contribution in [1.29, 1.82) is 0 Å². The van der Waals surface area contributed by atoms with Crippen LogP contribution in [0.3, 0.4) is 0 Å². The predicted octanol–water partition coefficient (Wildman–Crippen LogP) is 6.93. The van der Waals surface area contributed by atoms with Crippen molar-refractivity contribution < 1.29 is 27.8 Å². The molecule has 0 bridgehead atoms. The van der Waals surface area contributed by atoms with Gasteiger partial charge in [0.25, 0.3) is 0 Å². The van der Waals surface area contributed by atoms with Crippen LogP contribution < -0.4 is 0 Å². The molecule has 1 aliphatic heterocycles. The lowest BCUT2D eigenvalue weighted by Crippen LogP contribution is -2.30. The quantitative estimate of drug-likeness (QED) is 0.429. The lowest BCUT2D eigenvalue weighted by molar-refractivity contribution is -0.137. The Bertz CT molecular complexity index is 828. The molecule has 1 atom stereocenters. The van der Waals surface area contributed by atoms with Crippen LogP contribution in [-0.2, 0) is 17.3 Å². The molecule has 0 fully saturated rings. The zero-order valence-corrected chi connectivity index (χ0v) is 19.1. The first-order chi connectivity index (χ1) is 14.3. The summed E-state index contributed by atoms with van der Waals surface area (Å²) in [5, 5.41) is 9.91. The molecular formula is C23H30F3NO3S. The van der Waals surface area contributed by atoms with Crippen LogP contribution in [0.4, 0.5) is 18.0 Å². The number of rotatable bonds is 8. The SMILES string of the molecule is CC(CCc1cccc(C(F)(F)F)c1)SC1=C(OC(=O)O)C=CCN1CCC(C)(C)C. The number of allylic oxidation sites excluding steroid dienone is 1. The minimum absolute atomic E-state index is 0.0561. The van der Waals surface area contributed by atoms with Crippen molar-refractivity contribution in [3.63, 3.8) is 0 Å². The van der Waals surface area contributed by atoms with Gasteiger partial charge in [0.05, 0.1) is 5.56 Å². The molecule has 0 aromatic heterocycles. The number of benzene rings is 1. The summed E-state index contributed by atoms with van der Waals surface area (Å²) < 4.78 is 43.8. The first-order valence-electron chi connectivity index (χ1n) is 10.2. The van der Waals surface area contributed by atoms with Gasteiger partial charge in [-0.15, -0.1) is 11.8 Å². The fourth-order valence-corrected chi connectivity index (χ4v) is 4.24. The Morgan fingerprint density at radius 2 is 2.00 bits per heavy atom. The first-order valence-corrected chi connectivity index (χ1v) is 11.1. The molecule has 1 aromatic carbocycles. The third-order valence-corrected chi connectivity index (χ3v) is 6.15. The fraction of sp³-hybridized carbons (Fsp3) is 0.522. The Labute approximate surface area is 186 Å². The molecule has 0 aliphatic carbocycles. The zero-order valence-electron chi connectivity index (χ0n) is 18.3. The molecule has 0 amide bonds. The van der Waals surface area contributed by atoms with Crippen molar-refractivity contribution in [1.82, 2.24) is 4.90 Å². The fourth-order valence-electron chi connectivity index (χ4n) is 3.09. The van der Waals surface area contributed by atoms with Crippen molar-refractivity contribution in [3.8, 4) is 0 Å². The van der Waals surface area contributed by atoms with Gasteiger partial charge in [-0.1, -0.05) is 52.0 Å². The van der Waals surface area contributed by atoms with E-state index in [1.54, 1.807) is 12.1 Å². The average Bonchev–Trinajstić information content (AvgIpc) is 2.65. The van der Waals surface area contributed by atoms with E-state index in [9.17, 15) is 18.0 Å². The minimum Gasteiger partial charge on any atom is -0.449 e. The molecule has 0 spiro atoms. The van der Waals surface area contributed by atoms with Crippen molar-refractivity contribution in [2.45, 2.75) is 58.4 Å². The van der Waals surface area contributed by atoms with Gasteiger partial charge in [-0.3, -0.25) is 0 Å². The molecule has 0 saturated heterocycles. The Morgan fingerprint density at radius 3 is 2.61 bits per heavy atom. The van der Waals surface area contributed by atoms with Crippen LogP contribution >= 0.6 is 11.8 Å². The molecule has 1 aromatic rings. The molecule has 0 radical (unpaired) electrons. The van der Waals surface area contributed by atoms with Crippen LogP contribution in [0, 0.1) is 5.41 Å². The topological polar surface area (TPSA) is 49.8 Å². The van der Waals surface area contributed by atoms with Crippen molar-refractivity contribution in [3.05, 3.63) is 58.3 Å². The maximum Gasteiger partial charge on any atom is 0.511 e. The highest BCUT2D eigenvalue weighted by Crippen LogP contribution is 2.35. The highest BCUT2D eigenvalue weighted by atomic mass is 32.2. The molecule has 1 aliphatic rings. The van der Waals surface area contributed by atoms with Crippen LogP contribution in [0.5, 0.6) is 0 Å². The number of aryl methyl sites for hydroxylation is 1. The Hall–Kier alpha value is -2.09. The number of carboxylic acid groups (broad SMARTS) is 1. The smallest absolute Gasteiger partial charge is 0.449 e. The molecule has 8 heteroatoms. The molecule has 172 valence electrons. The van der Waals surface area contributed by atoms with Gasteiger partial charge < -0.3 is 14.7 Å². The molecule has 2 rings (SSSR count). The summed E-state index contributed by atoms with van der Waals surface area (Å²) >= 11 is 1.50. The maximum atomic E-state index is 12.9. The van der Waals surface area contributed by atoms with E-state index < -0.39 is 17.9 Å². The molecular weight excluding hydrogens is 427 g/mol. The third-order valence-electron chi connectivity index (χ3n) is 4.83. The lowest BCUT2D eigenvalue weighted by atomic mass is 9.92. The minimum atomic E-state index is -4.35. The largest absolute Gasteiger partial charge is 0.511 e. The summed E-state index contributed by atoms with van der Waals surface area (Å²) in [4.78, 5) is 13.2. The molecule has 1 unspecified atom stereocenters. The van der Waals surface area contributed by atoms with Crippen LogP contribution in [-0.4, -0.2) is 34.5 Å². The Kier molecular flexibility index (Phi) is 8.51. The first kappa shape index (κ1) is 25.2. The van der Waals surface area contributed by atoms with E-state index in [0.29, 0.717) is 30.7 Å². The van der Waals surface area contributed by atoms with E-state index in [1.165, 1.54) is 23.9 Å². The number of hydrogen-bond acceptors (Lipinski definition) is 4. The Morgan fingerprint density at radius 1 is 1.29 bits per heavy atom. The van der Waals surface area contributed by atoms with Gasteiger partial charge in [-0.05, 0) is 42.4 Å². The van der Waals surface area contributed by atoms with Gasteiger partial charge in [-0.25, -0.2) is 4.79 Å². The van der Waals surface area contributed by atoms with Gasteiger partial charge in [-0.2, -0.15) is 13.2 Å². The van der Waals surface area contributed by atoms with Crippen LogP contribution in [0.25, 0.3) is 0 Å². The summed E-state index contributed by atoms with van der Waals surface area (Å²) in [6.07, 6.45) is -0.116. The van der Waals surface area contributed by atoms with Gasteiger partial charge in [0, 0.05) is 18.3 Å². The summed E-state index contributed by atoms with van der Waals surface area (Å²) in [6.45, 7) is 9.85. The van der Waals surface area contributed by atoms with Crippen molar-refractivity contribution in [2.24, 2.45) is 5.41 Å². The van der Waals surface area contributed by atoms with Gasteiger partial charge in [0.2, 0.25) is 0 Å². The standard InChI is InChI=1S/C23H30F3NO3S/c1-16(10-11-17-7-5-8-18(15-17)23(24,25)26)31-20-19(30-21(28)29)9-6-13-27(20)14-12-22(2,3)4/h5-9,15-16H,10-14H2,1-4H3,(H,28,29). The molecule has 31 heavy (non-hydrogen) atoms. The van der Waals surface area contributed by atoms with Crippen molar-refractivity contribution in [2.75, 3.05) is 13.1 Å². The maximum absolute atomic E-state index is 12.9. The summed E-state index contributed by atoms with van der Waals surface area (Å²) in [5.74, 6) is 0.295. The second-order valence-corrected chi connectivity index (χ2v) is 10.3. The van der Waals surface area contributed by atoms with Crippen LogP contribution in [0.15, 0.2) is 47.2 Å². The van der Waals surface area contributed by atoms with Crippen LogP contribution in [0.2, 0.25) is 0 Å². The summed E-state index contributed by atoms with van der Waals surface area (Å²) in [7, 11) is 0. The number of halogens is 3. The highest BCUT2D eigenvalue weighted by molar-refractivity contribution is 8.03. The van der Waals surface area contributed by atoms with E-state index in [4.69, 9.17) is 9.84 Å². The van der Waals surface area contributed by atoms with Gasteiger partial charge in [0.1, 0.15) is 5.03 Å². The summed E-state index contributed by atoms with van der Waals surface area (Å²) in [5.41, 5.74) is 0.113. The second-order valence-electron chi connectivity index (χ2n) is 8.86. The van der Waals surface area contributed by atoms with Crippen molar-refractivity contribution >= 4 is 17.9 Å². The van der Waals surface area contributed by atoms with E-state index >= 15 is 0 Å². The third kappa shape index (κ3) is 8.51. The normalized spacial score (nSPS) is 15.9. The zero-order chi connectivity index (χ0) is 23.2. The van der Waals surface area contributed by atoms with E-state index in [0.717, 1.165) is 24.1 Å². The number of alkyl halides is 3. The summed E-state index contributed by atoms with van der Waals surface area (Å²) in [6, 6.07) is 5.39. The number of hydrogen-bond donors (Lipinski definition) is 1. The molecule has 0 saturated carbocycles. The second kappa shape index (κ2) is 10.5. The lowest BCUT2D eigenvalue weighted by Gasteiger charge is -2.33. The highest BCUT2D eigenvalue weighted by Gasteiger charge is 2.30. The monoisotopic (exact) mass is 457 g/mol.